The highest BCUT2D eigenvalue weighted by atomic mass is 32.2. The Morgan fingerprint density at radius 1 is 0.913 bits per heavy atom. The fourth-order valence-corrected chi connectivity index (χ4v) is 3.91. The van der Waals surface area contributed by atoms with Crippen molar-refractivity contribution in [2.24, 2.45) is 0 Å². The average Bonchev–Trinajstić information content (AvgIpc) is 2.45. The third-order valence-corrected chi connectivity index (χ3v) is 5.66. The van der Waals surface area contributed by atoms with Crippen molar-refractivity contribution in [3.8, 4) is 0 Å². The van der Waals surface area contributed by atoms with Gasteiger partial charge < -0.3 is 0 Å². The summed E-state index contributed by atoms with van der Waals surface area (Å²) in [6.45, 7) is 9.36. The van der Waals surface area contributed by atoms with Crippen molar-refractivity contribution >= 4 is 10.0 Å². The molecule has 0 heterocycles. The van der Waals surface area contributed by atoms with Crippen LogP contribution in [0.4, 0.5) is 4.39 Å². The fraction of sp³-hybridized carbons (Fsp3) is 0.333. The van der Waals surface area contributed by atoms with Crippen molar-refractivity contribution in [3.63, 3.8) is 0 Å². The first-order valence-corrected chi connectivity index (χ1v) is 8.96. The predicted octanol–water partition coefficient (Wildman–Crippen LogP) is 4.10. The number of sulfonamides is 1. The molecule has 0 amide bonds. The van der Waals surface area contributed by atoms with Crippen LogP contribution in [0.1, 0.15) is 40.8 Å². The second-order valence-corrected chi connectivity index (χ2v) is 7.76. The zero-order valence-electron chi connectivity index (χ0n) is 14.1. The summed E-state index contributed by atoms with van der Waals surface area (Å²) in [5.41, 5.74) is 4.58. The molecule has 2 rings (SSSR count). The van der Waals surface area contributed by atoms with E-state index in [4.69, 9.17) is 0 Å². The molecule has 3 nitrogen and oxygen atoms in total. The molecule has 2 aromatic rings. The molecule has 5 heteroatoms. The Morgan fingerprint density at radius 2 is 1.52 bits per heavy atom. The highest BCUT2D eigenvalue weighted by Crippen LogP contribution is 2.24. The Balaban J connectivity index is 2.33. The lowest BCUT2D eigenvalue weighted by atomic mass is 9.97. The molecule has 0 saturated carbocycles. The van der Waals surface area contributed by atoms with Crippen molar-refractivity contribution in [1.82, 2.24) is 4.72 Å². The maximum absolute atomic E-state index is 13.3. The van der Waals surface area contributed by atoms with Gasteiger partial charge in [0, 0.05) is 6.04 Å². The molecule has 0 aliphatic heterocycles. The zero-order valence-corrected chi connectivity index (χ0v) is 14.9. The van der Waals surface area contributed by atoms with Gasteiger partial charge in [0.1, 0.15) is 5.82 Å². The topological polar surface area (TPSA) is 46.2 Å². The van der Waals surface area contributed by atoms with E-state index in [-0.39, 0.29) is 10.9 Å². The molecule has 0 radical (unpaired) electrons. The van der Waals surface area contributed by atoms with Gasteiger partial charge in [-0.2, -0.15) is 0 Å². The zero-order chi connectivity index (χ0) is 17.4. The summed E-state index contributed by atoms with van der Waals surface area (Å²) in [5, 5.41) is 0. The number of aryl methyl sites for hydroxylation is 4. The smallest absolute Gasteiger partial charge is 0.207 e. The third kappa shape index (κ3) is 3.79. The summed E-state index contributed by atoms with van der Waals surface area (Å²) in [7, 11) is -3.70. The van der Waals surface area contributed by atoms with Gasteiger partial charge in [-0.05, 0) is 80.6 Å². The third-order valence-electron chi connectivity index (χ3n) is 4.12. The van der Waals surface area contributed by atoms with Crippen LogP contribution in [0, 0.1) is 33.5 Å². The molecule has 0 aromatic heterocycles. The molecule has 1 N–H and O–H groups in total. The summed E-state index contributed by atoms with van der Waals surface area (Å²) in [4.78, 5) is 0.0738. The second-order valence-electron chi connectivity index (χ2n) is 6.05. The molecule has 1 atom stereocenters. The predicted molar refractivity (Wildman–Crippen MR) is 90.5 cm³/mol. The van der Waals surface area contributed by atoms with Gasteiger partial charge in [0.25, 0.3) is 0 Å². The normalized spacial score (nSPS) is 13.1. The van der Waals surface area contributed by atoms with E-state index in [1.165, 1.54) is 23.8 Å². The van der Waals surface area contributed by atoms with E-state index >= 15 is 0 Å². The average molecular weight is 335 g/mol. The highest BCUT2D eigenvalue weighted by molar-refractivity contribution is 7.89. The van der Waals surface area contributed by atoms with Crippen molar-refractivity contribution < 1.29 is 12.8 Å². The molecule has 0 unspecified atom stereocenters. The van der Waals surface area contributed by atoms with Gasteiger partial charge in [-0.25, -0.2) is 17.5 Å². The van der Waals surface area contributed by atoms with E-state index in [1.54, 1.807) is 6.92 Å². The largest absolute Gasteiger partial charge is 0.241 e. The number of benzene rings is 2. The lowest BCUT2D eigenvalue weighted by Gasteiger charge is -2.18. The van der Waals surface area contributed by atoms with E-state index in [1.807, 2.05) is 33.8 Å². The Labute approximate surface area is 137 Å². The first-order valence-electron chi connectivity index (χ1n) is 7.48. The van der Waals surface area contributed by atoms with Crippen LogP contribution in [0.2, 0.25) is 0 Å². The van der Waals surface area contributed by atoms with Gasteiger partial charge in [-0.15, -0.1) is 0 Å². The van der Waals surface area contributed by atoms with Crippen LogP contribution in [-0.4, -0.2) is 8.42 Å². The molecule has 0 bridgehead atoms. The molecular weight excluding hydrogens is 313 g/mol. The molecule has 0 fully saturated rings. The standard InChI is InChI=1S/C18H22FNO2S/c1-11-8-13(3)17(10-12(11)2)15(5)20-23(21,22)16-6-7-18(19)14(4)9-16/h6-10,15,20H,1-5H3/t15-/m0/s1. The van der Waals surface area contributed by atoms with E-state index in [0.717, 1.165) is 16.7 Å². The summed E-state index contributed by atoms with van der Waals surface area (Å²) in [6, 6.07) is 7.49. The summed E-state index contributed by atoms with van der Waals surface area (Å²) in [5.74, 6) is -0.415. The summed E-state index contributed by atoms with van der Waals surface area (Å²) < 4.78 is 41.0. The van der Waals surface area contributed by atoms with Gasteiger partial charge >= 0.3 is 0 Å². The second kappa shape index (κ2) is 6.42. The number of nitrogens with one attached hydrogen (secondary N) is 1. The number of hydrogen-bond donors (Lipinski definition) is 1. The van der Waals surface area contributed by atoms with Crippen LogP contribution in [0.3, 0.4) is 0 Å². The molecule has 0 saturated heterocycles. The number of rotatable bonds is 4. The Morgan fingerprint density at radius 3 is 2.13 bits per heavy atom. The van der Waals surface area contributed by atoms with Gasteiger partial charge in [-0.1, -0.05) is 12.1 Å². The number of hydrogen-bond acceptors (Lipinski definition) is 2. The van der Waals surface area contributed by atoms with E-state index in [9.17, 15) is 12.8 Å². The lowest BCUT2D eigenvalue weighted by molar-refractivity contribution is 0.565. The maximum Gasteiger partial charge on any atom is 0.241 e. The van der Waals surface area contributed by atoms with Crippen LogP contribution in [0.15, 0.2) is 35.2 Å². The van der Waals surface area contributed by atoms with Crippen LogP contribution >= 0.6 is 0 Å². The van der Waals surface area contributed by atoms with E-state index in [0.29, 0.717) is 5.56 Å². The SMILES string of the molecule is Cc1cc(C)c([C@H](C)NS(=O)(=O)c2ccc(F)c(C)c2)cc1C. The van der Waals surface area contributed by atoms with Crippen molar-refractivity contribution in [2.45, 2.75) is 45.6 Å². The van der Waals surface area contributed by atoms with Crippen LogP contribution in [0.5, 0.6) is 0 Å². The highest BCUT2D eigenvalue weighted by Gasteiger charge is 2.20. The minimum atomic E-state index is -3.70. The van der Waals surface area contributed by atoms with Gasteiger partial charge in [0.05, 0.1) is 4.90 Å². The van der Waals surface area contributed by atoms with Crippen molar-refractivity contribution in [2.75, 3.05) is 0 Å². The first kappa shape index (κ1) is 17.6. The van der Waals surface area contributed by atoms with E-state index in [2.05, 4.69) is 10.8 Å². The Kier molecular flexibility index (Phi) is 4.92. The minimum Gasteiger partial charge on any atom is -0.207 e. The molecule has 23 heavy (non-hydrogen) atoms. The molecular formula is C18H22FNO2S. The van der Waals surface area contributed by atoms with Crippen LogP contribution < -0.4 is 4.72 Å². The van der Waals surface area contributed by atoms with Crippen LogP contribution in [-0.2, 0) is 10.0 Å². The fourth-order valence-electron chi connectivity index (χ4n) is 2.60. The van der Waals surface area contributed by atoms with Crippen LogP contribution in [0.25, 0.3) is 0 Å². The number of halogens is 1. The van der Waals surface area contributed by atoms with Crippen molar-refractivity contribution in [1.29, 1.82) is 0 Å². The van der Waals surface area contributed by atoms with Crippen molar-refractivity contribution in [3.05, 3.63) is 64.0 Å². The maximum atomic E-state index is 13.3. The first-order chi connectivity index (χ1) is 10.6. The molecule has 2 aromatic carbocycles. The Bertz CT molecular complexity index is 844. The van der Waals surface area contributed by atoms with E-state index < -0.39 is 15.8 Å². The van der Waals surface area contributed by atoms with Gasteiger partial charge in [-0.3, -0.25) is 0 Å². The van der Waals surface area contributed by atoms with Gasteiger partial charge in [0.2, 0.25) is 10.0 Å². The molecule has 0 spiro atoms. The summed E-state index contributed by atoms with van der Waals surface area (Å²) >= 11 is 0. The molecule has 0 aliphatic carbocycles. The monoisotopic (exact) mass is 335 g/mol. The molecule has 124 valence electrons. The Hall–Kier alpha value is -1.72. The van der Waals surface area contributed by atoms with Gasteiger partial charge in [0.15, 0.2) is 0 Å². The lowest BCUT2D eigenvalue weighted by Crippen LogP contribution is -2.27. The molecule has 0 aliphatic rings. The summed E-state index contributed by atoms with van der Waals surface area (Å²) in [6.07, 6.45) is 0. The minimum absolute atomic E-state index is 0.0738. The quantitative estimate of drug-likeness (QED) is 0.914.